The van der Waals surface area contributed by atoms with E-state index in [1.54, 1.807) is 12.1 Å². The highest BCUT2D eigenvalue weighted by molar-refractivity contribution is 7.87. The summed E-state index contributed by atoms with van der Waals surface area (Å²) in [6.07, 6.45) is 1.34. The Labute approximate surface area is 125 Å². The molecule has 1 atom stereocenters. The molecule has 0 radical (unpaired) electrons. The molecule has 1 aromatic carbocycles. The van der Waals surface area contributed by atoms with Gasteiger partial charge in [0, 0.05) is 21.6 Å². The van der Waals surface area contributed by atoms with Crippen molar-refractivity contribution in [2.24, 2.45) is 0 Å². The monoisotopic (exact) mass is 331 g/mol. The molecule has 21 heavy (non-hydrogen) atoms. The SMILES string of the molecule is O=[N+]([O-])C1(S(=O)(=O)O)C=C(Cl)C=C(c2ccccc2O)C1. The highest BCUT2D eigenvalue weighted by atomic mass is 35.5. The third-order valence-corrected chi connectivity index (χ3v) is 4.65. The van der Waals surface area contributed by atoms with Crippen LogP contribution < -0.4 is 0 Å². The molecule has 0 bridgehead atoms. The van der Waals surface area contributed by atoms with Gasteiger partial charge in [-0.3, -0.25) is 14.7 Å². The number of aromatic hydroxyl groups is 1. The van der Waals surface area contributed by atoms with Gasteiger partial charge >= 0.3 is 15.0 Å². The number of hydrogen-bond acceptors (Lipinski definition) is 5. The Morgan fingerprint density at radius 1 is 1.33 bits per heavy atom. The Morgan fingerprint density at radius 3 is 2.48 bits per heavy atom. The molecule has 0 heterocycles. The smallest absolute Gasteiger partial charge is 0.366 e. The summed E-state index contributed by atoms with van der Waals surface area (Å²) in [6.45, 7) is 0. The first kappa shape index (κ1) is 15.5. The zero-order chi connectivity index (χ0) is 15.8. The molecule has 0 aliphatic heterocycles. The zero-order valence-electron chi connectivity index (χ0n) is 10.4. The lowest BCUT2D eigenvalue weighted by Gasteiger charge is -2.24. The summed E-state index contributed by atoms with van der Waals surface area (Å²) in [5, 5.41) is 20.8. The quantitative estimate of drug-likeness (QED) is 0.498. The molecule has 0 aromatic heterocycles. The summed E-state index contributed by atoms with van der Waals surface area (Å²) in [7, 11) is -5.06. The lowest BCUT2D eigenvalue weighted by molar-refractivity contribution is -0.526. The van der Waals surface area contributed by atoms with Gasteiger partial charge in [0.15, 0.2) is 0 Å². The predicted octanol–water partition coefficient (Wildman–Crippen LogP) is 2.16. The van der Waals surface area contributed by atoms with E-state index in [4.69, 9.17) is 11.6 Å². The maximum Gasteiger partial charge on any atom is 0.366 e. The van der Waals surface area contributed by atoms with Crippen LogP contribution in [0.15, 0.2) is 41.4 Å². The van der Waals surface area contributed by atoms with Crippen molar-refractivity contribution in [2.75, 3.05) is 0 Å². The fourth-order valence-corrected chi connectivity index (χ4v) is 3.27. The van der Waals surface area contributed by atoms with Crippen LogP contribution >= 0.6 is 11.6 Å². The molecule has 1 aliphatic rings. The standard InChI is InChI=1S/C12H10ClNO6S/c13-9-5-8(10-3-1-2-4-11(10)15)6-12(7-9,14(16)17)21(18,19)20/h1-5,7,15H,6H2,(H,18,19,20). The van der Waals surface area contributed by atoms with E-state index in [1.807, 2.05) is 0 Å². The third-order valence-electron chi connectivity index (χ3n) is 3.13. The second kappa shape index (κ2) is 5.14. The highest BCUT2D eigenvalue weighted by Gasteiger charge is 2.55. The van der Waals surface area contributed by atoms with E-state index in [9.17, 15) is 28.2 Å². The van der Waals surface area contributed by atoms with Gasteiger partial charge in [-0.2, -0.15) is 8.42 Å². The van der Waals surface area contributed by atoms with Crippen molar-refractivity contribution < 1.29 is 23.0 Å². The Bertz CT molecular complexity index is 770. The minimum atomic E-state index is -5.06. The van der Waals surface area contributed by atoms with E-state index >= 15 is 0 Å². The molecule has 9 heteroatoms. The number of nitro groups is 1. The first-order chi connectivity index (χ1) is 9.67. The van der Waals surface area contributed by atoms with E-state index in [-0.39, 0.29) is 21.9 Å². The van der Waals surface area contributed by atoms with E-state index in [1.165, 1.54) is 18.2 Å². The Balaban J connectivity index is 2.63. The molecular weight excluding hydrogens is 322 g/mol. The van der Waals surface area contributed by atoms with Gasteiger partial charge in [-0.15, -0.1) is 0 Å². The van der Waals surface area contributed by atoms with Gasteiger partial charge in [-0.25, -0.2) is 0 Å². The van der Waals surface area contributed by atoms with Crippen molar-refractivity contribution >= 4 is 27.3 Å². The average Bonchev–Trinajstić information content (AvgIpc) is 2.36. The fraction of sp³-hybridized carbons (Fsp3) is 0.167. The van der Waals surface area contributed by atoms with Crippen LogP contribution in [0, 0.1) is 10.1 Å². The van der Waals surface area contributed by atoms with E-state index in [2.05, 4.69) is 0 Å². The van der Waals surface area contributed by atoms with Gasteiger partial charge in [-0.05, 0) is 17.7 Å². The number of para-hydroxylation sites is 1. The van der Waals surface area contributed by atoms with Crippen molar-refractivity contribution in [3.63, 3.8) is 0 Å². The maximum atomic E-state index is 11.5. The third kappa shape index (κ3) is 2.65. The van der Waals surface area contributed by atoms with Crippen LogP contribution in [0.3, 0.4) is 0 Å². The first-order valence-corrected chi connectivity index (χ1v) is 7.48. The molecule has 1 aromatic rings. The Kier molecular flexibility index (Phi) is 3.79. The normalized spacial score (nSPS) is 22.4. The van der Waals surface area contributed by atoms with Gasteiger partial charge in [0.2, 0.25) is 0 Å². The summed E-state index contributed by atoms with van der Waals surface area (Å²) in [5.41, 5.74) is 0.341. The Morgan fingerprint density at radius 2 is 1.95 bits per heavy atom. The summed E-state index contributed by atoms with van der Waals surface area (Å²) < 4.78 is 32.2. The fourth-order valence-electron chi connectivity index (χ4n) is 2.09. The molecule has 2 rings (SSSR count). The Hall–Kier alpha value is -1.90. The molecule has 112 valence electrons. The molecule has 0 saturated carbocycles. The summed E-state index contributed by atoms with van der Waals surface area (Å²) in [4.78, 5) is 7.32. The van der Waals surface area contributed by atoms with Crippen LogP contribution in [0.4, 0.5) is 0 Å². The topological polar surface area (TPSA) is 118 Å². The van der Waals surface area contributed by atoms with Crippen molar-refractivity contribution in [1.82, 2.24) is 0 Å². The summed E-state index contributed by atoms with van der Waals surface area (Å²) in [6, 6.07) is 5.93. The van der Waals surface area contributed by atoms with Gasteiger partial charge in [0.05, 0.1) is 6.42 Å². The number of halogens is 1. The largest absolute Gasteiger partial charge is 0.507 e. The van der Waals surface area contributed by atoms with Gasteiger partial charge in [0.25, 0.3) is 0 Å². The number of benzene rings is 1. The van der Waals surface area contributed by atoms with Crippen LogP contribution in [0.2, 0.25) is 0 Å². The average molecular weight is 332 g/mol. The molecule has 0 amide bonds. The van der Waals surface area contributed by atoms with E-state index < -0.39 is 26.3 Å². The number of phenolic OH excluding ortho intramolecular Hbond substituents is 1. The molecule has 0 saturated heterocycles. The molecule has 7 nitrogen and oxygen atoms in total. The number of hydrogen-bond donors (Lipinski definition) is 2. The first-order valence-electron chi connectivity index (χ1n) is 5.66. The second-order valence-electron chi connectivity index (χ2n) is 4.47. The maximum absolute atomic E-state index is 11.5. The van der Waals surface area contributed by atoms with Gasteiger partial charge in [0.1, 0.15) is 5.75 Å². The van der Waals surface area contributed by atoms with E-state index in [0.29, 0.717) is 6.08 Å². The molecule has 0 fully saturated rings. The number of phenols is 1. The van der Waals surface area contributed by atoms with Crippen molar-refractivity contribution in [1.29, 1.82) is 0 Å². The number of rotatable bonds is 3. The van der Waals surface area contributed by atoms with Crippen LogP contribution in [0.5, 0.6) is 5.75 Å². The second-order valence-corrected chi connectivity index (χ2v) is 6.56. The summed E-state index contributed by atoms with van der Waals surface area (Å²) >= 11 is 5.77. The number of allylic oxidation sites excluding steroid dienone is 2. The minimum absolute atomic E-state index is 0.134. The molecule has 2 N–H and O–H groups in total. The summed E-state index contributed by atoms with van der Waals surface area (Å²) in [5.74, 6) is -0.178. The number of nitrogens with zero attached hydrogens (tertiary/aromatic N) is 1. The van der Waals surface area contributed by atoms with Gasteiger partial charge < -0.3 is 5.11 Å². The van der Waals surface area contributed by atoms with Crippen LogP contribution in [-0.2, 0) is 10.1 Å². The molecular formula is C12H10ClNO6S. The molecule has 1 unspecified atom stereocenters. The molecule has 0 spiro atoms. The van der Waals surface area contributed by atoms with Crippen molar-refractivity contribution in [2.45, 2.75) is 11.3 Å². The lowest BCUT2D eigenvalue weighted by Crippen LogP contribution is -2.45. The van der Waals surface area contributed by atoms with Crippen LogP contribution in [0.1, 0.15) is 12.0 Å². The van der Waals surface area contributed by atoms with Crippen molar-refractivity contribution in [3.8, 4) is 5.75 Å². The van der Waals surface area contributed by atoms with Crippen molar-refractivity contribution in [3.05, 3.63) is 57.1 Å². The van der Waals surface area contributed by atoms with E-state index in [0.717, 1.165) is 0 Å². The zero-order valence-corrected chi connectivity index (χ0v) is 12.0. The van der Waals surface area contributed by atoms with Crippen LogP contribution in [0.25, 0.3) is 5.57 Å². The van der Waals surface area contributed by atoms with Gasteiger partial charge in [-0.1, -0.05) is 29.8 Å². The predicted molar refractivity (Wildman–Crippen MR) is 75.9 cm³/mol. The minimum Gasteiger partial charge on any atom is -0.507 e. The van der Waals surface area contributed by atoms with Crippen LogP contribution in [-0.4, -0.2) is 27.9 Å². The molecule has 1 aliphatic carbocycles. The lowest BCUT2D eigenvalue weighted by atomic mass is 9.93. The highest BCUT2D eigenvalue weighted by Crippen LogP contribution is 2.40.